The van der Waals surface area contributed by atoms with Crippen LogP contribution < -0.4 is 4.90 Å². The second kappa shape index (κ2) is 4.54. The second-order valence-electron chi connectivity index (χ2n) is 4.44. The van der Waals surface area contributed by atoms with E-state index in [0.29, 0.717) is 18.0 Å². The lowest BCUT2D eigenvalue weighted by Gasteiger charge is -2.35. The molecule has 0 aliphatic carbocycles. The molecule has 84 valence electrons. The van der Waals surface area contributed by atoms with Crippen molar-refractivity contribution in [1.82, 2.24) is 0 Å². The Hall–Kier alpha value is -1.53. The number of anilines is 1. The number of aliphatic hydroxyl groups excluding tert-OH is 1. The average molecular weight is 216 g/mol. The quantitative estimate of drug-likeness (QED) is 0.778. The third kappa shape index (κ3) is 2.17. The molecule has 0 amide bonds. The van der Waals surface area contributed by atoms with Crippen LogP contribution in [-0.2, 0) is 0 Å². The van der Waals surface area contributed by atoms with Gasteiger partial charge in [-0.05, 0) is 30.5 Å². The Bertz CT molecular complexity index is 411. The summed E-state index contributed by atoms with van der Waals surface area (Å²) in [7, 11) is 0. The van der Waals surface area contributed by atoms with Gasteiger partial charge in [0.15, 0.2) is 0 Å². The Kier molecular flexibility index (Phi) is 3.12. The smallest absolute Gasteiger partial charge is 0.0992 e. The number of aliphatic hydroxyl groups is 1. The van der Waals surface area contributed by atoms with Crippen LogP contribution in [-0.4, -0.2) is 24.3 Å². The van der Waals surface area contributed by atoms with Gasteiger partial charge in [-0.15, -0.1) is 0 Å². The third-order valence-corrected chi connectivity index (χ3v) is 3.26. The molecule has 0 bridgehead atoms. The maximum atomic E-state index is 9.83. The zero-order valence-corrected chi connectivity index (χ0v) is 9.43. The fraction of sp³-hybridized carbons (Fsp3) is 0.462. The van der Waals surface area contributed by atoms with Crippen molar-refractivity contribution in [2.24, 2.45) is 5.92 Å². The summed E-state index contributed by atoms with van der Waals surface area (Å²) in [5.41, 5.74) is 1.70. The summed E-state index contributed by atoms with van der Waals surface area (Å²) in [5, 5.41) is 18.7. The van der Waals surface area contributed by atoms with Crippen LogP contribution in [0.4, 0.5) is 5.69 Å². The molecule has 1 N–H and O–H groups in total. The molecule has 1 heterocycles. The summed E-state index contributed by atoms with van der Waals surface area (Å²) in [4.78, 5) is 2.14. The number of benzene rings is 1. The second-order valence-corrected chi connectivity index (χ2v) is 4.44. The van der Waals surface area contributed by atoms with Crippen molar-refractivity contribution in [3.8, 4) is 6.07 Å². The first kappa shape index (κ1) is 11.0. The van der Waals surface area contributed by atoms with Gasteiger partial charge in [0, 0.05) is 18.8 Å². The highest BCUT2D eigenvalue weighted by atomic mass is 16.3. The lowest BCUT2D eigenvalue weighted by Crippen LogP contribution is -2.42. The average Bonchev–Trinajstić information content (AvgIpc) is 2.33. The Morgan fingerprint density at radius 1 is 1.50 bits per heavy atom. The molecule has 0 spiro atoms. The summed E-state index contributed by atoms with van der Waals surface area (Å²) in [6.07, 6.45) is 0.734. The molecule has 1 aliphatic heterocycles. The highest BCUT2D eigenvalue weighted by Crippen LogP contribution is 2.23. The lowest BCUT2D eigenvalue weighted by molar-refractivity contribution is 0.103. The van der Waals surface area contributed by atoms with Crippen LogP contribution in [0.25, 0.3) is 0 Å². The molecule has 2 rings (SSSR count). The highest BCUT2D eigenvalue weighted by Gasteiger charge is 2.24. The van der Waals surface area contributed by atoms with Crippen LogP contribution in [0.5, 0.6) is 0 Å². The minimum Gasteiger partial charge on any atom is -0.391 e. The van der Waals surface area contributed by atoms with Gasteiger partial charge in [-0.2, -0.15) is 5.26 Å². The van der Waals surface area contributed by atoms with E-state index >= 15 is 0 Å². The van der Waals surface area contributed by atoms with Gasteiger partial charge in [-0.3, -0.25) is 0 Å². The molecular weight excluding hydrogens is 200 g/mol. The zero-order valence-electron chi connectivity index (χ0n) is 9.43. The number of nitrogens with zero attached hydrogens (tertiary/aromatic N) is 2. The minimum atomic E-state index is -0.264. The molecular formula is C13H16N2O. The van der Waals surface area contributed by atoms with E-state index < -0.39 is 0 Å². The van der Waals surface area contributed by atoms with Gasteiger partial charge in [-0.25, -0.2) is 0 Å². The van der Waals surface area contributed by atoms with Crippen LogP contribution in [0.2, 0.25) is 0 Å². The molecule has 1 aliphatic rings. The first-order valence-corrected chi connectivity index (χ1v) is 5.64. The first-order valence-electron chi connectivity index (χ1n) is 5.64. The van der Waals surface area contributed by atoms with Gasteiger partial charge in [-0.1, -0.05) is 13.0 Å². The first-order chi connectivity index (χ1) is 7.70. The number of piperidine rings is 1. The van der Waals surface area contributed by atoms with Crippen LogP contribution in [0, 0.1) is 17.2 Å². The lowest BCUT2D eigenvalue weighted by atomic mass is 9.95. The van der Waals surface area contributed by atoms with Gasteiger partial charge in [0.25, 0.3) is 0 Å². The van der Waals surface area contributed by atoms with E-state index in [2.05, 4.69) is 17.9 Å². The molecule has 3 nitrogen and oxygen atoms in total. The fourth-order valence-corrected chi connectivity index (χ4v) is 2.06. The van der Waals surface area contributed by atoms with E-state index in [1.165, 1.54) is 0 Å². The van der Waals surface area contributed by atoms with Crippen molar-refractivity contribution >= 4 is 5.69 Å². The Balaban J connectivity index is 2.16. The van der Waals surface area contributed by atoms with E-state index in [9.17, 15) is 5.11 Å². The molecule has 1 saturated heterocycles. The predicted molar refractivity (Wildman–Crippen MR) is 63.2 cm³/mol. The van der Waals surface area contributed by atoms with Gasteiger partial charge in [0.2, 0.25) is 0 Å². The molecule has 1 aromatic rings. The molecule has 1 fully saturated rings. The SMILES string of the molecule is CC1CCN(c2cccc(C#N)c2)CC1O. The fourth-order valence-electron chi connectivity index (χ4n) is 2.06. The third-order valence-electron chi connectivity index (χ3n) is 3.26. The number of hydrogen-bond acceptors (Lipinski definition) is 3. The van der Waals surface area contributed by atoms with Crippen molar-refractivity contribution in [1.29, 1.82) is 5.26 Å². The van der Waals surface area contributed by atoms with E-state index in [4.69, 9.17) is 5.26 Å². The largest absolute Gasteiger partial charge is 0.391 e. The Morgan fingerprint density at radius 2 is 2.31 bits per heavy atom. The van der Waals surface area contributed by atoms with Gasteiger partial charge >= 0.3 is 0 Å². The maximum Gasteiger partial charge on any atom is 0.0992 e. The predicted octanol–water partition coefficient (Wildman–Crippen LogP) is 1.77. The number of hydrogen-bond donors (Lipinski definition) is 1. The number of rotatable bonds is 1. The van der Waals surface area contributed by atoms with Crippen LogP contribution in [0.1, 0.15) is 18.9 Å². The summed E-state index contributed by atoms with van der Waals surface area (Å²) in [5.74, 6) is 0.371. The van der Waals surface area contributed by atoms with E-state index in [0.717, 1.165) is 18.7 Å². The van der Waals surface area contributed by atoms with Crippen molar-refractivity contribution < 1.29 is 5.11 Å². The standard InChI is InChI=1S/C13H16N2O/c1-10-5-6-15(9-13(10)16)12-4-2-3-11(7-12)8-14/h2-4,7,10,13,16H,5-6,9H2,1H3. The molecule has 1 aromatic carbocycles. The van der Waals surface area contributed by atoms with Crippen LogP contribution in [0.15, 0.2) is 24.3 Å². The van der Waals surface area contributed by atoms with Crippen LogP contribution in [0.3, 0.4) is 0 Å². The summed E-state index contributed by atoms with van der Waals surface area (Å²) >= 11 is 0. The minimum absolute atomic E-state index is 0.264. The molecule has 0 saturated carbocycles. The van der Waals surface area contributed by atoms with E-state index in [-0.39, 0.29) is 6.10 Å². The van der Waals surface area contributed by atoms with Crippen LogP contribution >= 0.6 is 0 Å². The van der Waals surface area contributed by atoms with Gasteiger partial charge in [0.05, 0.1) is 17.7 Å². The number of β-amino-alcohol motifs (C(OH)–C–C–N with tert-alkyl or cyclic N) is 1. The molecule has 3 heteroatoms. The molecule has 16 heavy (non-hydrogen) atoms. The molecule has 2 unspecified atom stereocenters. The van der Waals surface area contributed by atoms with Crippen molar-refractivity contribution in [2.45, 2.75) is 19.4 Å². The van der Waals surface area contributed by atoms with E-state index in [1.54, 1.807) is 6.07 Å². The summed E-state index contributed by atoms with van der Waals surface area (Å²) < 4.78 is 0. The van der Waals surface area contributed by atoms with E-state index in [1.807, 2.05) is 18.2 Å². The van der Waals surface area contributed by atoms with Crippen molar-refractivity contribution in [3.05, 3.63) is 29.8 Å². The van der Waals surface area contributed by atoms with Crippen molar-refractivity contribution in [3.63, 3.8) is 0 Å². The molecule has 2 atom stereocenters. The zero-order chi connectivity index (χ0) is 11.5. The normalized spacial score (nSPS) is 25.2. The van der Waals surface area contributed by atoms with Gasteiger partial charge in [0.1, 0.15) is 0 Å². The number of nitriles is 1. The topological polar surface area (TPSA) is 47.3 Å². The van der Waals surface area contributed by atoms with Crippen molar-refractivity contribution in [2.75, 3.05) is 18.0 Å². The maximum absolute atomic E-state index is 9.83. The Morgan fingerprint density at radius 3 is 3.00 bits per heavy atom. The highest BCUT2D eigenvalue weighted by molar-refractivity contribution is 5.51. The monoisotopic (exact) mass is 216 g/mol. The summed E-state index contributed by atoms with van der Waals surface area (Å²) in [6.45, 7) is 3.69. The Labute approximate surface area is 95.9 Å². The van der Waals surface area contributed by atoms with Gasteiger partial charge < -0.3 is 10.0 Å². The molecule has 0 aromatic heterocycles. The summed E-state index contributed by atoms with van der Waals surface area (Å²) in [6, 6.07) is 9.69. The molecule has 0 radical (unpaired) electrons.